The number of rotatable bonds is 4. The summed E-state index contributed by atoms with van der Waals surface area (Å²) in [6, 6.07) is 0. The number of hydrogen-bond donors (Lipinski definition) is 2. The Bertz CT molecular complexity index is 202. The second kappa shape index (κ2) is 4.81. The third-order valence-corrected chi connectivity index (χ3v) is 1.86. The fourth-order valence-electron chi connectivity index (χ4n) is 0.990. The highest BCUT2D eigenvalue weighted by Crippen LogP contribution is 2.01. The minimum absolute atomic E-state index is 0.0226. The monoisotopic (exact) mass is 186 g/mol. The van der Waals surface area contributed by atoms with Gasteiger partial charge in [0.1, 0.15) is 6.54 Å². The van der Waals surface area contributed by atoms with E-state index in [-0.39, 0.29) is 24.3 Å². The predicted octanol–water partition coefficient (Wildman–Crippen LogP) is -1.11. The summed E-state index contributed by atoms with van der Waals surface area (Å²) in [5.41, 5.74) is 0. The lowest BCUT2D eigenvalue weighted by atomic mass is 10.0. The molecule has 0 aromatic rings. The zero-order chi connectivity index (χ0) is 9.68. The summed E-state index contributed by atoms with van der Waals surface area (Å²) >= 11 is 0. The zero-order valence-corrected chi connectivity index (χ0v) is 7.63. The Balaban J connectivity index is 2.10. The van der Waals surface area contributed by atoms with Crippen LogP contribution in [0.2, 0.25) is 0 Å². The Morgan fingerprint density at radius 3 is 2.69 bits per heavy atom. The number of amides is 1. The van der Waals surface area contributed by atoms with Gasteiger partial charge in [0.2, 0.25) is 5.91 Å². The lowest BCUT2D eigenvalue weighted by molar-refractivity contribution is -0.144. The molecule has 1 heterocycles. The molecule has 0 unspecified atom stereocenters. The fraction of sp³-hybridized carbons (Fsp3) is 0.750. The SMILES string of the molecule is CCOC(=O)CNC(=O)C1CNC1. The lowest BCUT2D eigenvalue weighted by Crippen LogP contribution is -2.51. The highest BCUT2D eigenvalue weighted by Gasteiger charge is 2.24. The van der Waals surface area contributed by atoms with Crippen molar-refractivity contribution in [2.45, 2.75) is 6.92 Å². The predicted molar refractivity (Wildman–Crippen MR) is 46.0 cm³/mol. The number of nitrogens with one attached hydrogen (secondary N) is 2. The first-order chi connectivity index (χ1) is 6.24. The third-order valence-electron chi connectivity index (χ3n) is 1.86. The summed E-state index contributed by atoms with van der Waals surface area (Å²) < 4.78 is 4.65. The second-order valence-corrected chi connectivity index (χ2v) is 2.88. The summed E-state index contributed by atoms with van der Waals surface area (Å²) in [5, 5.41) is 5.49. The summed E-state index contributed by atoms with van der Waals surface area (Å²) in [4.78, 5) is 22.0. The Morgan fingerprint density at radius 2 is 2.23 bits per heavy atom. The molecule has 0 bridgehead atoms. The van der Waals surface area contributed by atoms with E-state index in [1.165, 1.54) is 0 Å². The largest absolute Gasteiger partial charge is 0.465 e. The second-order valence-electron chi connectivity index (χ2n) is 2.88. The van der Waals surface area contributed by atoms with Gasteiger partial charge in [-0.3, -0.25) is 9.59 Å². The Hall–Kier alpha value is -1.10. The molecule has 1 saturated heterocycles. The molecular formula is C8H14N2O3. The van der Waals surface area contributed by atoms with E-state index >= 15 is 0 Å². The van der Waals surface area contributed by atoms with E-state index in [1.54, 1.807) is 6.92 Å². The lowest BCUT2D eigenvalue weighted by Gasteiger charge is -2.25. The van der Waals surface area contributed by atoms with Crippen molar-refractivity contribution >= 4 is 11.9 Å². The van der Waals surface area contributed by atoms with E-state index in [0.717, 1.165) is 0 Å². The van der Waals surface area contributed by atoms with Crippen LogP contribution in [0.3, 0.4) is 0 Å². The maximum absolute atomic E-state index is 11.2. The van der Waals surface area contributed by atoms with E-state index in [0.29, 0.717) is 19.7 Å². The normalized spacial score (nSPS) is 16.1. The van der Waals surface area contributed by atoms with Crippen molar-refractivity contribution in [3.8, 4) is 0 Å². The van der Waals surface area contributed by atoms with Gasteiger partial charge in [0, 0.05) is 13.1 Å². The molecule has 5 heteroatoms. The fourth-order valence-corrected chi connectivity index (χ4v) is 0.990. The maximum atomic E-state index is 11.2. The average Bonchev–Trinajstić information content (AvgIpc) is 1.98. The van der Waals surface area contributed by atoms with Crippen LogP contribution in [0.1, 0.15) is 6.92 Å². The van der Waals surface area contributed by atoms with Gasteiger partial charge in [0.25, 0.3) is 0 Å². The van der Waals surface area contributed by atoms with Gasteiger partial charge in [-0.25, -0.2) is 0 Å². The van der Waals surface area contributed by atoms with Gasteiger partial charge in [0.05, 0.1) is 12.5 Å². The van der Waals surface area contributed by atoms with E-state index in [1.807, 2.05) is 0 Å². The van der Waals surface area contributed by atoms with Crippen LogP contribution in [0, 0.1) is 5.92 Å². The molecule has 1 rings (SSSR count). The molecule has 0 aromatic carbocycles. The van der Waals surface area contributed by atoms with Crippen molar-refractivity contribution in [3.63, 3.8) is 0 Å². The van der Waals surface area contributed by atoms with Gasteiger partial charge in [0.15, 0.2) is 0 Å². The van der Waals surface area contributed by atoms with Crippen molar-refractivity contribution in [1.82, 2.24) is 10.6 Å². The molecule has 0 saturated carbocycles. The van der Waals surface area contributed by atoms with Crippen LogP contribution in [0.5, 0.6) is 0 Å². The zero-order valence-electron chi connectivity index (χ0n) is 7.63. The molecule has 0 spiro atoms. The topological polar surface area (TPSA) is 67.4 Å². The van der Waals surface area contributed by atoms with Crippen molar-refractivity contribution in [3.05, 3.63) is 0 Å². The standard InChI is InChI=1S/C8H14N2O3/c1-2-13-7(11)5-10-8(12)6-3-9-4-6/h6,9H,2-5H2,1H3,(H,10,12). The van der Waals surface area contributed by atoms with Crippen LogP contribution < -0.4 is 10.6 Å². The number of carbonyl (C=O) groups excluding carboxylic acids is 2. The van der Waals surface area contributed by atoms with Crippen LogP contribution in [0.25, 0.3) is 0 Å². The summed E-state index contributed by atoms with van der Waals surface area (Å²) in [6.45, 7) is 3.46. The molecule has 0 aliphatic carbocycles. The molecule has 74 valence electrons. The molecule has 1 fully saturated rings. The van der Waals surface area contributed by atoms with Gasteiger partial charge in [-0.05, 0) is 6.92 Å². The molecule has 13 heavy (non-hydrogen) atoms. The molecule has 0 atom stereocenters. The van der Waals surface area contributed by atoms with Gasteiger partial charge in [-0.2, -0.15) is 0 Å². The van der Waals surface area contributed by atoms with Crippen LogP contribution in [0.4, 0.5) is 0 Å². The molecule has 0 radical (unpaired) electrons. The molecule has 0 aromatic heterocycles. The first-order valence-electron chi connectivity index (χ1n) is 4.38. The number of hydrogen-bond acceptors (Lipinski definition) is 4. The van der Waals surface area contributed by atoms with Crippen molar-refractivity contribution in [2.24, 2.45) is 5.92 Å². The van der Waals surface area contributed by atoms with E-state index in [4.69, 9.17) is 0 Å². The van der Waals surface area contributed by atoms with Crippen LogP contribution in [0.15, 0.2) is 0 Å². The Morgan fingerprint density at radius 1 is 1.54 bits per heavy atom. The Labute approximate surface area is 76.8 Å². The molecule has 1 aliphatic heterocycles. The van der Waals surface area contributed by atoms with E-state index in [9.17, 15) is 9.59 Å². The molecule has 5 nitrogen and oxygen atoms in total. The van der Waals surface area contributed by atoms with Crippen LogP contribution >= 0.6 is 0 Å². The molecule has 1 amide bonds. The van der Waals surface area contributed by atoms with Gasteiger partial charge >= 0.3 is 5.97 Å². The van der Waals surface area contributed by atoms with Gasteiger partial charge in [-0.15, -0.1) is 0 Å². The third kappa shape index (κ3) is 3.02. The highest BCUT2D eigenvalue weighted by molar-refractivity contribution is 5.84. The minimum Gasteiger partial charge on any atom is -0.465 e. The summed E-state index contributed by atoms with van der Waals surface area (Å²) in [5.74, 6) is -0.440. The summed E-state index contributed by atoms with van der Waals surface area (Å²) in [7, 11) is 0. The van der Waals surface area contributed by atoms with E-state index < -0.39 is 0 Å². The average molecular weight is 186 g/mol. The van der Waals surface area contributed by atoms with E-state index in [2.05, 4.69) is 15.4 Å². The van der Waals surface area contributed by atoms with Crippen molar-refractivity contribution < 1.29 is 14.3 Å². The molecule has 2 N–H and O–H groups in total. The molecular weight excluding hydrogens is 172 g/mol. The molecule has 1 aliphatic rings. The smallest absolute Gasteiger partial charge is 0.325 e. The quantitative estimate of drug-likeness (QED) is 0.546. The van der Waals surface area contributed by atoms with Gasteiger partial charge in [-0.1, -0.05) is 0 Å². The summed E-state index contributed by atoms with van der Waals surface area (Å²) in [6.07, 6.45) is 0. The first kappa shape index (κ1) is 9.98. The Kier molecular flexibility index (Phi) is 3.70. The number of ether oxygens (including phenoxy) is 1. The van der Waals surface area contributed by atoms with Crippen LogP contribution in [-0.4, -0.2) is 38.1 Å². The van der Waals surface area contributed by atoms with Crippen LogP contribution in [-0.2, 0) is 14.3 Å². The van der Waals surface area contributed by atoms with Crippen molar-refractivity contribution in [1.29, 1.82) is 0 Å². The number of carbonyl (C=O) groups is 2. The first-order valence-corrected chi connectivity index (χ1v) is 4.38. The maximum Gasteiger partial charge on any atom is 0.325 e. The van der Waals surface area contributed by atoms with Crippen molar-refractivity contribution in [2.75, 3.05) is 26.2 Å². The highest BCUT2D eigenvalue weighted by atomic mass is 16.5. The number of esters is 1. The van der Waals surface area contributed by atoms with Gasteiger partial charge < -0.3 is 15.4 Å². The minimum atomic E-state index is -0.386.